The number of anilines is 1. The minimum atomic E-state index is -4.30. The van der Waals surface area contributed by atoms with Crippen LogP contribution >= 0.6 is 15.9 Å². The number of benzene rings is 1. The van der Waals surface area contributed by atoms with Crippen LogP contribution in [-0.4, -0.2) is 37.0 Å². The molecule has 0 atom stereocenters. The van der Waals surface area contributed by atoms with E-state index in [9.17, 15) is 13.2 Å². The Morgan fingerprint density at radius 3 is 2.57 bits per heavy atom. The normalized spacial score (nSPS) is 15.3. The molecule has 1 aromatic carbocycles. The highest BCUT2D eigenvalue weighted by Crippen LogP contribution is 2.28. The summed E-state index contributed by atoms with van der Waals surface area (Å²) in [7, 11) is 0. The predicted molar refractivity (Wildman–Crippen MR) is 79.4 cm³/mol. The zero-order valence-corrected chi connectivity index (χ0v) is 13.0. The highest BCUT2D eigenvalue weighted by atomic mass is 79.9. The number of halogens is 4. The highest BCUT2D eigenvalue weighted by Gasteiger charge is 2.31. The summed E-state index contributed by atoms with van der Waals surface area (Å²) in [5, 5.41) is 12.3. The lowest BCUT2D eigenvalue weighted by Crippen LogP contribution is -2.36. The first-order valence-corrected chi connectivity index (χ1v) is 7.63. The van der Waals surface area contributed by atoms with Gasteiger partial charge < -0.3 is 15.3 Å². The molecule has 7 heteroatoms. The van der Waals surface area contributed by atoms with Gasteiger partial charge in [0.2, 0.25) is 0 Å². The Bertz CT molecular complexity index is 478. The largest absolute Gasteiger partial charge is 0.405 e. The maximum absolute atomic E-state index is 12.6. The molecular weight excluding hydrogens is 349 g/mol. The van der Waals surface area contributed by atoms with Gasteiger partial charge in [-0.05, 0) is 30.5 Å². The molecule has 118 valence electrons. The average Bonchev–Trinajstić information content (AvgIpc) is 3.19. The molecule has 0 unspecified atom stereocenters. The van der Waals surface area contributed by atoms with Crippen LogP contribution in [0.4, 0.5) is 18.9 Å². The van der Waals surface area contributed by atoms with Gasteiger partial charge in [0.25, 0.3) is 0 Å². The maximum Gasteiger partial charge on any atom is 0.405 e. The van der Waals surface area contributed by atoms with Gasteiger partial charge in [0, 0.05) is 29.3 Å². The molecule has 1 aliphatic carbocycles. The predicted octanol–water partition coefficient (Wildman–Crippen LogP) is 3.06. The van der Waals surface area contributed by atoms with Crippen molar-refractivity contribution in [2.24, 2.45) is 0 Å². The van der Waals surface area contributed by atoms with Crippen molar-refractivity contribution < 1.29 is 18.3 Å². The Morgan fingerprint density at radius 1 is 1.33 bits per heavy atom. The fourth-order valence-corrected chi connectivity index (χ4v) is 2.56. The number of rotatable bonds is 7. The minimum absolute atomic E-state index is 0.0500. The van der Waals surface area contributed by atoms with Crippen LogP contribution in [-0.2, 0) is 6.54 Å². The number of hydrogen-bond acceptors (Lipinski definition) is 3. The third-order valence-corrected chi connectivity index (χ3v) is 4.04. The lowest BCUT2D eigenvalue weighted by atomic mass is 10.2. The number of alkyl halides is 3. The quantitative estimate of drug-likeness (QED) is 0.778. The number of nitrogens with one attached hydrogen (secondary N) is 1. The van der Waals surface area contributed by atoms with Crippen LogP contribution in [0.15, 0.2) is 22.7 Å². The van der Waals surface area contributed by atoms with E-state index in [1.807, 2.05) is 6.07 Å². The fourth-order valence-electron chi connectivity index (χ4n) is 2.05. The van der Waals surface area contributed by atoms with Crippen LogP contribution in [0.5, 0.6) is 0 Å². The number of hydrogen-bond donors (Lipinski definition) is 2. The number of aliphatic hydroxyl groups excluding tert-OH is 1. The molecule has 0 radical (unpaired) electrons. The van der Waals surface area contributed by atoms with E-state index in [0.717, 1.165) is 14.9 Å². The molecule has 0 saturated heterocycles. The molecule has 0 spiro atoms. The molecule has 2 rings (SSSR count). The first-order valence-electron chi connectivity index (χ1n) is 6.83. The molecule has 0 heterocycles. The summed E-state index contributed by atoms with van der Waals surface area (Å²) in [6.45, 7) is -0.741. The Kier molecular flexibility index (Phi) is 5.51. The van der Waals surface area contributed by atoms with Gasteiger partial charge in [-0.25, -0.2) is 0 Å². The zero-order valence-electron chi connectivity index (χ0n) is 11.5. The van der Waals surface area contributed by atoms with Crippen molar-refractivity contribution in [1.29, 1.82) is 0 Å². The second kappa shape index (κ2) is 6.98. The smallest absolute Gasteiger partial charge is 0.395 e. The summed E-state index contributed by atoms with van der Waals surface area (Å²) in [4.78, 5) is 1.13. The van der Waals surface area contributed by atoms with E-state index in [1.165, 1.54) is 12.8 Å². The maximum atomic E-state index is 12.6. The molecule has 0 aromatic heterocycles. The summed E-state index contributed by atoms with van der Waals surface area (Å²) < 4.78 is 38.5. The fraction of sp³-hybridized carbons (Fsp3) is 0.571. The van der Waals surface area contributed by atoms with Gasteiger partial charge in [0.1, 0.15) is 6.54 Å². The van der Waals surface area contributed by atoms with Crippen LogP contribution < -0.4 is 10.2 Å². The van der Waals surface area contributed by atoms with Gasteiger partial charge in [0.05, 0.1) is 6.61 Å². The molecule has 0 aliphatic heterocycles. The number of aliphatic hydroxyl groups is 1. The van der Waals surface area contributed by atoms with E-state index < -0.39 is 12.7 Å². The van der Waals surface area contributed by atoms with E-state index >= 15 is 0 Å². The SMILES string of the molecule is OCCN(CC(F)(F)F)c1ccc(CNC2CC2)c(Br)c1. The Hall–Kier alpha value is -0.790. The van der Waals surface area contributed by atoms with E-state index in [2.05, 4.69) is 21.2 Å². The van der Waals surface area contributed by atoms with Crippen LogP contribution in [0, 0.1) is 0 Å². The number of nitrogens with zero attached hydrogens (tertiary/aromatic N) is 1. The van der Waals surface area contributed by atoms with E-state index in [-0.39, 0.29) is 13.2 Å². The zero-order chi connectivity index (χ0) is 15.5. The summed E-state index contributed by atoms with van der Waals surface area (Å²) in [5.41, 5.74) is 1.46. The molecule has 0 bridgehead atoms. The molecule has 1 saturated carbocycles. The molecule has 21 heavy (non-hydrogen) atoms. The first kappa shape index (κ1) is 16.6. The van der Waals surface area contributed by atoms with Gasteiger partial charge >= 0.3 is 6.18 Å². The Morgan fingerprint density at radius 2 is 2.05 bits per heavy atom. The third kappa shape index (κ3) is 5.48. The molecule has 1 aromatic rings. The Labute approximate surface area is 130 Å². The van der Waals surface area contributed by atoms with Gasteiger partial charge in [-0.15, -0.1) is 0 Å². The third-order valence-electron chi connectivity index (χ3n) is 3.30. The second-order valence-corrected chi connectivity index (χ2v) is 6.05. The highest BCUT2D eigenvalue weighted by molar-refractivity contribution is 9.10. The topological polar surface area (TPSA) is 35.5 Å². The van der Waals surface area contributed by atoms with E-state index in [1.54, 1.807) is 12.1 Å². The summed E-state index contributed by atoms with van der Waals surface area (Å²) >= 11 is 3.41. The van der Waals surface area contributed by atoms with Crippen LogP contribution in [0.25, 0.3) is 0 Å². The lowest BCUT2D eigenvalue weighted by molar-refractivity contribution is -0.119. The Balaban J connectivity index is 2.07. The molecule has 2 N–H and O–H groups in total. The first-order chi connectivity index (χ1) is 9.89. The van der Waals surface area contributed by atoms with Crippen molar-refractivity contribution in [1.82, 2.24) is 5.32 Å². The van der Waals surface area contributed by atoms with Crippen molar-refractivity contribution in [2.75, 3.05) is 24.6 Å². The van der Waals surface area contributed by atoms with Crippen LogP contribution in [0.1, 0.15) is 18.4 Å². The molecule has 3 nitrogen and oxygen atoms in total. The van der Waals surface area contributed by atoms with Gasteiger partial charge in [-0.3, -0.25) is 0 Å². The summed E-state index contributed by atoms with van der Waals surface area (Å²) in [6, 6.07) is 5.73. The standard InChI is InChI=1S/C14H18BrF3N2O/c15-13-7-12(20(5-6-21)9-14(16,17)18)4-1-10(13)8-19-11-2-3-11/h1,4,7,11,19,21H,2-3,5-6,8-9H2. The van der Waals surface area contributed by atoms with E-state index in [0.29, 0.717) is 18.3 Å². The summed E-state index contributed by atoms with van der Waals surface area (Å²) in [6.07, 6.45) is -1.93. The molecule has 1 aliphatic rings. The van der Waals surface area contributed by atoms with Crippen molar-refractivity contribution in [2.45, 2.75) is 31.6 Å². The lowest BCUT2D eigenvalue weighted by Gasteiger charge is -2.25. The van der Waals surface area contributed by atoms with Crippen molar-refractivity contribution in [3.8, 4) is 0 Å². The summed E-state index contributed by atoms with van der Waals surface area (Å²) in [5.74, 6) is 0. The van der Waals surface area contributed by atoms with Gasteiger partial charge in [0.15, 0.2) is 0 Å². The molecule has 0 amide bonds. The van der Waals surface area contributed by atoms with E-state index in [4.69, 9.17) is 5.11 Å². The second-order valence-electron chi connectivity index (χ2n) is 5.19. The van der Waals surface area contributed by atoms with Gasteiger partial charge in [-0.2, -0.15) is 13.2 Å². The van der Waals surface area contributed by atoms with Crippen LogP contribution in [0.3, 0.4) is 0 Å². The molecular formula is C14H18BrF3N2O. The van der Waals surface area contributed by atoms with Crippen molar-refractivity contribution >= 4 is 21.6 Å². The monoisotopic (exact) mass is 366 g/mol. The molecule has 1 fully saturated rings. The van der Waals surface area contributed by atoms with Crippen molar-refractivity contribution in [3.63, 3.8) is 0 Å². The average molecular weight is 367 g/mol. The van der Waals surface area contributed by atoms with Crippen LogP contribution in [0.2, 0.25) is 0 Å². The van der Waals surface area contributed by atoms with Crippen molar-refractivity contribution in [3.05, 3.63) is 28.2 Å². The van der Waals surface area contributed by atoms with Gasteiger partial charge in [-0.1, -0.05) is 22.0 Å². The minimum Gasteiger partial charge on any atom is -0.395 e.